The summed E-state index contributed by atoms with van der Waals surface area (Å²) in [5, 5.41) is 2.88. The van der Waals surface area contributed by atoms with Gasteiger partial charge in [-0.05, 0) is 19.9 Å². The Balaban J connectivity index is 2.26. The summed E-state index contributed by atoms with van der Waals surface area (Å²) in [6.07, 6.45) is 1.71. The molecule has 1 aliphatic rings. The molecule has 1 aliphatic heterocycles. The summed E-state index contributed by atoms with van der Waals surface area (Å²) in [6, 6.07) is 0. The number of rotatable bonds is 6. The van der Waals surface area contributed by atoms with Crippen molar-refractivity contribution in [3.8, 4) is 0 Å². The number of sulfonamides is 1. The Morgan fingerprint density at radius 3 is 2.79 bits per heavy atom. The number of ether oxygens (including phenoxy) is 1. The highest BCUT2D eigenvalue weighted by Crippen LogP contribution is 2.13. The molecule has 1 saturated heterocycles. The summed E-state index contributed by atoms with van der Waals surface area (Å²) >= 11 is 0. The molecule has 1 fully saturated rings. The SMILES string of the molecule is CNCCNS(=O)(=O)CC1CCCO1. The van der Waals surface area contributed by atoms with Gasteiger partial charge >= 0.3 is 0 Å². The first-order valence-electron chi connectivity index (χ1n) is 4.87. The van der Waals surface area contributed by atoms with Crippen LogP contribution in [0.2, 0.25) is 0 Å². The van der Waals surface area contributed by atoms with Gasteiger partial charge in [0.15, 0.2) is 0 Å². The van der Waals surface area contributed by atoms with Crippen LogP contribution in [-0.2, 0) is 14.8 Å². The molecule has 0 aromatic heterocycles. The second-order valence-corrected chi connectivity index (χ2v) is 5.27. The fraction of sp³-hybridized carbons (Fsp3) is 1.00. The minimum absolute atomic E-state index is 0.0940. The van der Waals surface area contributed by atoms with Crippen LogP contribution >= 0.6 is 0 Å². The van der Waals surface area contributed by atoms with E-state index < -0.39 is 10.0 Å². The van der Waals surface area contributed by atoms with Gasteiger partial charge in [0.1, 0.15) is 0 Å². The van der Waals surface area contributed by atoms with Gasteiger partial charge in [0.2, 0.25) is 10.0 Å². The minimum atomic E-state index is -3.15. The van der Waals surface area contributed by atoms with Gasteiger partial charge in [-0.15, -0.1) is 0 Å². The average molecular weight is 222 g/mol. The molecule has 14 heavy (non-hydrogen) atoms. The smallest absolute Gasteiger partial charge is 0.214 e. The zero-order valence-corrected chi connectivity index (χ0v) is 9.27. The molecule has 1 heterocycles. The highest BCUT2D eigenvalue weighted by molar-refractivity contribution is 7.89. The van der Waals surface area contributed by atoms with E-state index >= 15 is 0 Å². The fourth-order valence-corrected chi connectivity index (χ4v) is 2.69. The number of likely N-dealkylation sites (N-methyl/N-ethyl adjacent to an activating group) is 1. The first kappa shape index (κ1) is 11.9. The summed E-state index contributed by atoms with van der Waals surface area (Å²) in [6.45, 7) is 1.77. The maximum absolute atomic E-state index is 11.4. The van der Waals surface area contributed by atoms with E-state index in [0.29, 0.717) is 19.7 Å². The highest BCUT2D eigenvalue weighted by atomic mass is 32.2. The Hall–Kier alpha value is -0.170. The molecule has 0 radical (unpaired) electrons. The zero-order chi connectivity index (χ0) is 10.4. The van der Waals surface area contributed by atoms with Crippen molar-refractivity contribution in [1.82, 2.24) is 10.0 Å². The van der Waals surface area contributed by atoms with Crippen LogP contribution in [0.15, 0.2) is 0 Å². The maximum atomic E-state index is 11.4. The summed E-state index contributed by atoms with van der Waals surface area (Å²) in [7, 11) is -1.37. The van der Waals surface area contributed by atoms with Gasteiger partial charge in [0, 0.05) is 19.7 Å². The quantitative estimate of drug-likeness (QED) is 0.583. The second-order valence-electron chi connectivity index (χ2n) is 3.41. The molecule has 0 aromatic carbocycles. The van der Waals surface area contributed by atoms with Crippen molar-refractivity contribution in [3.63, 3.8) is 0 Å². The molecule has 1 atom stereocenters. The van der Waals surface area contributed by atoms with Crippen LogP contribution in [0, 0.1) is 0 Å². The Morgan fingerprint density at radius 2 is 2.21 bits per heavy atom. The van der Waals surface area contributed by atoms with Gasteiger partial charge in [0.25, 0.3) is 0 Å². The summed E-state index contributed by atoms with van der Waals surface area (Å²) < 4.78 is 30.7. The van der Waals surface area contributed by atoms with Crippen LogP contribution in [0.25, 0.3) is 0 Å². The third-order valence-electron chi connectivity index (χ3n) is 2.13. The van der Waals surface area contributed by atoms with Gasteiger partial charge < -0.3 is 10.1 Å². The van der Waals surface area contributed by atoms with Crippen molar-refractivity contribution in [2.24, 2.45) is 0 Å². The van der Waals surface area contributed by atoms with Crippen molar-refractivity contribution < 1.29 is 13.2 Å². The van der Waals surface area contributed by atoms with Crippen molar-refractivity contribution in [2.45, 2.75) is 18.9 Å². The third-order valence-corrected chi connectivity index (χ3v) is 3.58. The lowest BCUT2D eigenvalue weighted by molar-refractivity contribution is 0.127. The maximum Gasteiger partial charge on any atom is 0.214 e. The molecule has 2 N–H and O–H groups in total. The molecule has 0 saturated carbocycles. The van der Waals surface area contributed by atoms with Crippen molar-refractivity contribution in [3.05, 3.63) is 0 Å². The highest BCUT2D eigenvalue weighted by Gasteiger charge is 2.22. The van der Waals surface area contributed by atoms with E-state index in [2.05, 4.69) is 10.0 Å². The van der Waals surface area contributed by atoms with Crippen LogP contribution in [0.1, 0.15) is 12.8 Å². The lowest BCUT2D eigenvalue weighted by Crippen LogP contribution is -2.35. The normalized spacial score (nSPS) is 22.8. The van der Waals surface area contributed by atoms with E-state index in [1.54, 1.807) is 7.05 Å². The van der Waals surface area contributed by atoms with Crippen LogP contribution < -0.4 is 10.0 Å². The van der Waals surface area contributed by atoms with Gasteiger partial charge in [-0.1, -0.05) is 0 Å². The number of nitrogens with one attached hydrogen (secondary N) is 2. The first-order valence-corrected chi connectivity index (χ1v) is 6.53. The van der Waals surface area contributed by atoms with Crippen molar-refractivity contribution >= 4 is 10.0 Å². The molecule has 0 amide bonds. The topological polar surface area (TPSA) is 67.4 Å². The lowest BCUT2D eigenvalue weighted by atomic mass is 10.3. The minimum Gasteiger partial charge on any atom is -0.377 e. The first-order chi connectivity index (χ1) is 6.64. The average Bonchev–Trinajstić information content (AvgIpc) is 2.56. The molecule has 5 nitrogen and oxygen atoms in total. The van der Waals surface area contributed by atoms with E-state index in [1.165, 1.54) is 0 Å². The molecule has 0 aliphatic carbocycles. The molecular formula is C8H18N2O3S. The van der Waals surface area contributed by atoms with Gasteiger partial charge in [-0.2, -0.15) is 0 Å². The zero-order valence-electron chi connectivity index (χ0n) is 8.45. The second kappa shape index (κ2) is 5.65. The van der Waals surface area contributed by atoms with Crippen LogP contribution in [0.3, 0.4) is 0 Å². The Bertz CT molecular complexity index is 247. The molecule has 1 unspecified atom stereocenters. The van der Waals surface area contributed by atoms with E-state index in [-0.39, 0.29) is 11.9 Å². The molecule has 0 bridgehead atoms. The van der Waals surface area contributed by atoms with Crippen molar-refractivity contribution in [1.29, 1.82) is 0 Å². The monoisotopic (exact) mass is 222 g/mol. The molecule has 0 spiro atoms. The Morgan fingerprint density at radius 1 is 1.43 bits per heavy atom. The molecule has 6 heteroatoms. The van der Waals surface area contributed by atoms with E-state index in [4.69, 9.17) is 4.74 Å². The predicted octanol–water partition coefficient (Wildman–Crippen LogP) is -0.696. The van der Waals surface area contributed by atoms with Crippen molar-refractivity contribution in [2.75, 3.05) is 32.5 Å². The molecule has 0 aromatic rings. The summed E-state index contributed by atoms with van der Waals surface area (Å²) in [5.74, 6) is 0.0940. The van der Waals surface area contributed by atoms with E-state index in [1.807, 2.05) is 0 Å². The van der Waals surface area contributed by atoms with Crippen LogP contribution in [0.4, 0.5) is 0 Å². The fourth-order valence-electron chi connectivity index (χ4n) is 1.41. The lowest BCUT2D eigenvalue weighted by Gasteiger charge is -2.10. The van der Waals surface area contributed by atoms with Gasteiger partial charge in [0.05, 0.1) is 11.9 Å². The standard InChI is InChI=1S/C8H18N2O3S/c1-9-4-5-10-14(11,12)7-8-3-2-6-13-8/h8-10H,2-7H2,1H3. The third kappa shape index (κ3) is 4.36. The van der Waals surface area contributed by atoms with Crippen LogP contribution in [-0.4, -0.2) is 47.0 Å². The van der Waals surface area contributed by atoms with Gasteiger partial charge in [-0.3, -0.25) is 0 Å². The summed E-state index contributed by atoms with van der Waals surface area (Å²) in [4.78, 5) is 0. The Labute approximate surface area is 85.3 Å². The van der Waals surface area contributed by atoms with Crippen LogP contribution in [0.5, 0.6) is 0 Å². The number of hydrogen-bond donors (Lipinski definition) is 2. The largest absolute Gasteiger partial charge is 0.377 e. The van der Waals surface area contributed by atoms with E-state index in [0.717, 1.165) is 12.8 Å². The Kier molecular flexibility index (Phi) is 4.80. The molecule has 1 rings (SSSR count). The molecular weight excluding hydrogens is 204 g/mol. The summed E-state index contributed by atoms with van der Waals surface area (Å²) in [5.41, 5.74) is 0. The van der Waals surface area contributed by atoms with E-state index in [9.17, 15) is 8.42 Å². The number of hydrogen-bond acceptors (Lipinski definition) is 4. The van der Waals surface area contributed by atoms with Gasteiger partial charge in [-0.25, -0.2) is 13.1 Å². The molecule has 84 valence electrons. The predicted molar refractivity (Wildman–Crippen MR) is 54.7 cm³/mol.